The summed E-state index contributed by atoms with van der Waals surface area (Å²) in [6.45, 7) is 0.811. The highest BCUT2D eigenvalue weighted by molar-refractivity contribution is 5.74. The first-order chi connectivity index (χ1) is 11.3. The fraction of sp³-hybridized carbons (Fsp3) is 0.526. The van der Waals surface area contributed by atoms with Crippen molar-refractivity contribution in [2.75, 3.05) is 20.8 Å². The second-order valence-corrected chi connectivity index (χ2v) is 7.00. The Kier molecular flexibility index (Phi) is 2.65. The lowest BCUT2D eigenvalue weighted by Crippen LogP contribution is -2.54. The van der Waals surface area contributed by atoms with Crippen LogP contribution in [0.15, 0.2) is 24.3 Å². The van der Waals surface area contributed by atoms with Crippen molar-refractivity contribution in [1.29, 1.82) is 0 Å². The van der Waals surface area contributed by atoms with Crippen LogP contribution in [0.3, 0.4) is 0 Å². The number of benzene rings is 1. The van der Waals surface area contributed by atoms with Gasteiger partial charge in [-0.25, -0.2) is 0 Å². The molecule has 4 heteroatoms. The van der Waals surface area contributed by atoms with Gasteiger partial charge in [0, 0.05) is 17.9 Å². The minimum atomic E-state index is -0.0398. The van der Waals surface area contributed by atoms with E-state index in [1.807, 2.05) is 0 Å². The lowest BCUT2D eigenvalue weighted by atomic mass is 9.70. The first-order valence-electron chi connectivity index (χ1n) is 8.49. The molecule has 0 saturated heterocycles. The van der Waals surface area contributed by atoms with Gasteiger partial charge < -0.3 is 14.2 Å². The van der Waals surface area contributed by atoms with Crippen molar-refractivity contribution in [3.05, 3.63) is 35.4 Å². The van der Waals surface area contributed by atoms with E-state index in [9.17, 15) is 0 Å². The fourth-order valence-corrected chi connectivity index (χ4v) is 5.19. The van der Waals surface area contributed by atoms with Gasteiger partial charge in [0.15, 0.2) is 24.1 Å². The van der Waals surface area contributed by atoms with Crippen LogP contribution in [0.2, 0.25) is 0 Å². The SMILES string of the molecule is COc1cc2c(cc1OC)[C@]13C=CC[C@H]1CCC1=[N+]3[C@H](CO1)C2. The van der Waals surface area contributed by atoms with Gasteiger partial charge >= 0.3 is 5.90 Å². The summed E-state index contributed by atoms with van der Waals surface area (Å²) in [7, 11) is 3.42. The van der Waals surface area contributed by atoms with Gasteiger partial charge in [-0.1, -0.05) is 6.08 Å². The van der Waals surface area contributed by atoms with Crippen molar-refractivity contribution in [1.82, 2.24) is 0 Å². The molecule has 0 N–H and O–H groups in total. The summed E-state index contributed by atoms with van der Waals surface area (Å²) in [5.41, 5.74) is 2.72. The van der Waals surface area contributed by atoms with Crippen LogP contribution in [0, 0.1) is 5.92 Å². The molecule has 23 heavy (non-hydrogen) atoms. The van der Waals surface area contributed by atoms with Gasteiger partial charge in [0.25, 0.3) is 0 Å². The van der Waals surface area contributed by atoms with Crippen LogP contribution in [0.25, 0.3) is 0 Å². The molecule has 3 aliphatic heterocycles. The normalized spacial score (nSPS) is 33.0. The molecule has 0 aromatic heterocycles. The first-order valence-corrected chi connectivity index (χ1v) is 8.49. The third-order valence-corrected chi connectivity index (χ3v) is 6.09. The number of hydrogen-bond acceptors (Lipinski definition) is 3. The Hall–Kier alpha value is -1.97. The number of ether oxygens (including phenoxy) is 3. The zero-order valence-corrected chi connectivity index (χ0v) is 13.7. The molecule has 4 nitrogen and oxygen atoms in total. The van der Waals surface area contributed by atoms with E-state index in [0.29, 0.717) is 12.0 Å². The summed E-state index contributed by atoms with van der Waals surface area (Å²) >= 11 is 0. The number of fused-ring (bicyclic) bond motifs is 1. The minimum Gasteiger partial charge on any atom is -0.493 e. The van der Waals surface area contributed by atoms with E-state index in [1.54, 1.807) is 14.2 Å². The third-order valence-electron chi connectivity index (χ3n) is 6.09. The summed E-state index contributed by atoms with van der Waals surface area (Å²) in [5.74, 6) is 3.48. The Morgan fingerprint density at radius 2 is 2.04 bits per heavy atom. The van der Waals surface area contributed by atoms with Crippen LogP contribution in [-0.4, -0.2) is 37.3 Å². The van der Waals surface area contributed by atoms with Crippen LogP contribution in [0.1, 0.15) is 30.4 Å². The molecule has 1 aromatic carbocycles. The molecule has 3 atom stereocenters. The molecular weight excluding hydrogens is 290 g/mol. The molecule has 0 bridgehead atoms. The fourth-order valence-electron chi connectivity index (χ4n) is 5.19. The van der Waals surface area contributed by atoms with Crippen LogP contribution < -0.4 is 9.47 Å². The monoisotopic (exact) mass is 312 g/mol. The summed E-state index contributed by atoms with van der Waals surface area (Å²) < 4.78 is 19.8. The molecule has 1 spiro atoms. The molecule has 0 saturated carbocycles. The van der Waals surface area contributed by atoms with E-state index in [0.717, 1.165) is 37.4 Å². The number of nitrogens with zero attached hydrogens (tertiary/aromatic N) is 1. The predicted octanol–water partition coefficient (Wildman–Crippen LogP) is 2.63. The highest BCUT2D eigenvalue weighted by Gasteiger charge is 2.62. The highest BCUT2D eigenvalue weighted by atomic mass is 16.5. The summed E-state index contributed by atoms with van der Waals surface area (Å²) in [6, 6.07) is 4.82. The molecule has 0 fully saturated rings. The number of rotatable bonds is 2. The van der Waals surface area contributed by atoms with Gasteiger partial charge in [0.2, 0.25) is 5.54 Å². The standard InChI is InChI=1S/C19H22NO3/c1-21-16-9-12-8-14-11-23-18-6-5-13-4-3-7-19(13,20(14)18)15(12)10-17(16)22-2/h3,7,9-10,13-14H,4-6,8,11H2,1-2H3/q+1/t13-,14-,19-/m0/s1. The van der Waals surface area contributed by atoms with Crippen LogP contribution in [-0.2, 0) is 16.7 Å². The average Bonchev–Trinajstić information content (AvgIpc) is 3.19. The Bertz CT molecular complexity index is 751. The Labute approximate surface area is 136 Å². The van der Waals surface area contributed by atoms with Crippen molar-refractivity contribution in [2.45, 2.75) is 37.3 Å². The summed E-state index contributed by atoms with van der Waals surface area (Å²) in [5, 5.41) is 0. The van der Waals surface area contributed by atoms with Gasteiger partial charge in [-0.2, -0.15) is 4.58 Å². The summed E-state index contributed by atoms with van der Waals surface area (Å²) in [4.78, 5) is 0. The Morgan fingerprint density at radius 1 is 1.22 bits per heavy atom. The molecule has 0 radical (unpaired) electrons. The minimum absolute atomic E-state index is 0.0398. The van der Waals surface area contributed by atoms with Gasteiger partial charge in [-0.15, -0.1) is 0 Å². The Morgan fingerprint density at radius 3 is 2.87 bits per heavy atom. The molecule has 3 heterocycles. The molecule has 1 aliphatic carbocycles. The van der Waals surface area contributed by atoms with Gasteiger partial charge in [-0.3, -0.25) is 0 Å². The van der Waals surface area contributed by atoms with Crippen molar-refractivity contribution in [2.24, 2.45) is 5.92 Å². The van der Waals surface area contributed by atoms with Crippen molar-refractivity contribution in [3.63, 3.8) is 0 Å². The van der Waals surface area contributed by atoms with Crippen molar-refractivity contribution >= 4 is 5.90 Å². The third kappa shape index (κ3) is 1.54. The van der Waals surface area contributed by atoms with Gasteiger partial charge in [0.1, 0.15) is 0 Å². The van der Waals surface area contributed by atoms with Crippen LogP contribution in [0.4, 0.5) is 0 Å². The molecular formula is C19H22NO3+. The zero-order chi connectivity index (χ0) is 15.6. The topological polar surface area (TPSA) is 30.7 Å². The smallest absolute Gasteiger partial charge is 0.337 e. The Balaban J connectivity index is 1.80. The summed E-state index contributed by atoms with van der Waals surface area (Å²) in [6.07, 6.45) is 9.22. The average molecular weight is 312 g/mol. The lowest BCUT2D eigenvalue weighted by molar-refractivity contribution is -0.645. The predicted molar refractivity (Wildman–Crippen MR) is 86.4 cm³/mol. The van der Waals surface area contributed by atoms with Crippen LogP contribution in [0.5, 0.6) is 11.5 Å². The highest BCUT2D eigenvalue weighted by Crippen LogP contribution is 2.53. The second kappa shape index (κ2) is 4.53. The van der Waals surface area contributed by atoms with E-state index in [-0.39, 0.29) is 5.54 Å². The van der Waals surface area contributed by atoms with Crippen molar-refractivity contribution in [3.8, 4) is 11.5 Å². The molecule has 4 aliphatic rings. The van der Waals surface area contributed by atoms with E-state index in [4.69, 9.17) is 14.2 Å². The lowest BCUT2D eigenvalue weighted by Gasteiger charge is -2.40. The molecule has 5 rings (SSSR count). The van der Waals surface area contributed by atoms with Gasteiger partial charge in [0.05, 0.1) is 20.6 Å². The van der Waals surface area contributed by atoms with Crippen LogP contribution >= 0.6 is 0 Å². The number of allylic oxidation sites excluding steroid dienone is 1. The number of hydrogen-bond donors (Lipinski definition) is 0. The van der Waals surface area contributed by atoms with E-state index in [1.165, 1.54) is 23.4 Å². The largest absolute Gasteiger partial charge is 0.493 e. The molecule has 0 unspecified atom stereocenters. The zero-order valence-electron chi connectivity index (χ0n) is 13.7. The second-order valence-electron chi connectivity index (χ2n) is 7.00. The molecule has 120 valence electrons. The van der Waals surface area contributed by atoms with Crippen molar-refractivity contribution < 1.29 is 18.8 Å². The number of methoxy groups -OCH3 is 2. The maximum absolute atomic E-state index is 6.06. The maximum Gasteiger partial charge on any atom is 0.337 e. The van der Waals surface area contributed by atoms with Gasteiger partial charge in [-0.05, 0) is 36.6 Å². The molecule has 0 amide bonds. The van der Waals surface area contributed by atoms with E-state index in [2.05, 4.69) is 28.9 Å². The maximum atomic E-state index is 6.06. The molecule has 1 aromatic rings. The van der Waals surface area contributed by atoms with E-state index < -0.39 is 0 Å². The first kappa shape index (κ1) is 13.5. The van der Waals surface area contributed by atoms with E-state index >= 15 is 0 Å². The quantitative estimate of drug-likeness (QED) is 0.621.